The first-order chi connectivity index (χ1) is 10.0. The van der Waals surface area contributed by atoms with Crippen molar-refractivity contribution in [2.45, 2.75) is 45.1 Å². The summed E-state index contributed by atoms with van der Waals surface area (Å²) in [6, 6.07) is 0.744. The second-order valence-electron chi connectivity index (χ2n) is 5.09. The lowest BCUT2D eigenvalue weighted by atomic mass is 10.2. The van der Waals surface area contributed by atoms with E-state index in [-0.39, 0.29) is 6.42 Å². The molecule has 6 nitrogen and oxygen atoms in total. The van der Waals surface area contributed by atoms with Crippen molar-refractivity contribution in [1.82, 2.24) is 4.90 Å². The SMILES string of the molecule is CCCCCN(CCC[Si](OC)(OC)OC)CCC(=O)O. The molecule has 0 radical (unpaired) electrons. The average molecular weight is 321 g/mol. The molecular formula is C14H31NO5Si. The van der Waals surface area contributed by atoms with Crippen molar-refractivity contribution in [1.29, 1.82) is 0 Å². The van der Waals surface area contributed by atoms with Gasteiger partial charge in [-0.05, 0) is 25.9 Å². The normalized spacial score (nSPS) is 12.0. The maximum atomic E-state index is 10.7. The molecule has 0 rings (SSSR count). The van der Waals surface area contributed by atoms with E-state index in [2.05, 4.69) is 11.8 Å². The molecular weight excluding hydrogens is 290 g/mol. The van der Waals surface area contributed by atoms with Crippen LogP contribution in [0.3, 0.4) is 0 Å². The Labute approximate surface area is 129 Å². The molecule has 0 spiro atoms. The van der Waals surface area contributed by atoms with E-state index in [1.807, 2.05) is 0 Å². The van der Waals surface area contributed by atoms with Crippen LogP contribution in [0.25, 0.3) is 0 Å². The number of unbranched alkanes of at least 4 members (excludes halogenated alkanes) is 2. The Balaban J connectivity index is 4.22. The molecule has 0 aliphatic rings. The zero-order valence-electron chi connectivity index (χ0n) is 13.9. The summed E-state index contributed by atoms with van der Waals surface area (Å²) in [4.78, 5) is 12.9. The highest BCUT2D eigenvalue weighted by Crippen LogP contribution is 2.15. The Morgan fingerprint density at radius 2 is 1.57 bits per heavy atom. The molecule has 0 aromatic heterocycles. The smallest absolute Gasteiger partial charge is 0.481 e. The summed E-state index contributed by atoms with van der Waals surface area (Å²) in [5.41, 5.74) is 0. The highest BCUT2D eigenvalue weighted by molar-refractivity contribution is 6.60. The Bertz CT molecular complexity index is 266. The van der Waals surface area contributed by atoms with Crippen LogP contribution in [0.1, 0.15) is 39.0 Å². The van der Waals surface area contributed by atoms with Crippen LogP contribution in [-0.2, 0) is 18.1 Å². The zero-order chi connectivity index (χ0) is 16.1. The summed E-state index contributed by atoms with van der Waals surface area (Å²) in [7, 11) is 2.33. The Hall–Kier alpha value is -0.473. The molecule has 0 saturated carbocycles. The van der Waals surface area contributed by atoms with Crippen LogP contribution in [0.2, 0.25) is 6.04 Å². The lowest BCUT2D eigenvalue weighted by molar-refractivity contribution is -0.137. The quantitative estimate of drug-likeness (QED) is 0.391. The lowest BCUT2D eigenvalue weighted by Crippen LogP contribution is -2.43. The molecule has 0 aliphatic heterocycles. The molecule has 0 amide bonds. The van der Waals surface area contributed by atoms with Gasteiger partial charge in [-0.15, -0.1) is 0 Å². The maximum absolute atomic E-state index is 10.7. The number of aliphatic carboxylic acids is 1. The van der Waals surface area contributed by atoms with Crippen molar-refractivity contribution >= 4 is 14.8 Å². The third kappa shape index (κ3) is 9.21. The molecule has 0 aromatic carbocycles. The Kier molecular flexibility index (Phi) is 11.8. The summed E-state index contributed by atoms with van der Waals surface area (Å²) in [6.45, 7) is 4.56. The predicted molar refractivity (Wildman–Crippen MR) is 84.4 cm³/mol. The van der Waals surface area contributed by atoms with E-state index in [0.717, 1.165) is 32.0 Å². The number of hydrogen-bond acceptors (Lipinski definition) is 5. The zero-order valence-corrected chi connectivity index (χ0v) is 14.9. The topological polar surface area (TPSA) is 68.2 Å². The first kappa shape index (κ1) is 20.5. The fraction of sp³-hybridized carbons (Fsp3) is 0.929. The Morgan fingerprint density at radius 3 is 2.05 bits per heavy atom. The second kappa shape index (κ2) is 12.1. The predicted octanol–water partition coefficient (Wildman–Crippen LogP) is 2.22. The van der Waals surface area contributed by atoms with Gasteiger partial charge in [0.15, 0.2) is 0 Å². The van der Waals surface area contributed by atoms with E-state index in [9.17, 15) is 4.79 Å². The molecule has 1 N–H and O–H groups in total. The maximum Gasteiger partial charge on any atom is 0.500 e. The number of carboxylic acids is 1. The standard InChI is InChI=1S/C14H31NO5Si/c1-5-6-7-10-15(12-9-14(16)17)11-8-13-21(18-2,19-3)20-4/h5-13H2,1-4H3,(H,16,17). The molecule has 0 fully saturated rings. The van der Waals surface area contributed by atoms with E-state index < -0.39 is 14.8 Å². The highest BCUT2D eigenvalue weighted by atomic mass is 28.4. The van der Waals surface area contributed by atoms with Gasteiger partial charge in [-0.3, -0.25) is 4.79 Å². The van der Waals surface area contributed by atoms with Crippen LogP contribution in [0.4, 0.5) is 0 Å². The van der Waals surface area contributed by atoms with Crippen molar-refractivity contribution in [3.05, 3.63) is 0 Å². The van der Waals surface area contributed by atoms with Gasteiger partial charge < -0.3 is 23.3 Å². The van der Waals surface area contributed by atoms with Gasteiger partial charge in [-0.2, -0.15) is 0 Å². The molecule has 0 aliphatic carbocycles. The van der Waals surface area contributed by atoms with E-state index in [1.165, 1.54) is 12.8 Å². The largest absolute Gasteiger partial charge is 0.500 e. The summed E-state index contributed by atoms with van der Waals surface area (Å²) < 4.78 is 16.2. The fourth-order valence-corrected chi connectivity index (χ4v) is 3.95. The second-order valence-corrected chi connectivity index (χ2v) is 8.18. The number of nitrogens with zero attached hydrogens (tertiary/aromatic N) is 1. The molecule has 0 saturated heterocycles. The molecule has 21 heavy (non-hydrogen) atoms. The van der Waals surface area contributed by atoms with E-state index >= 15 is 0 Å². The third-order valence-electron chi connectivity index (χ3n) is 3.61. The monoisotopic (exact) mass is 321 g/mol. The van der Waals surface area contributed by atoms with E-state index in [1.54, 1.807) is 21.3 Å². The molecule has 7 heteroatoms. The molecule has 0 unspecified atom stereocenters. The van der Waals surface area contributed by atoms with Gasteiger partial charge in [0.25, 0.3) is 0 Å². The first-order valence-corrected chi connectivity index (χ1v) is 9.56. The third-order valence-corrected chi connectivity index (χ3v) is 6.44. The van der Waals surface area contributed by atoms with Crippen LogP contribution >= 0.6 is 0 Å². The molecule has 0 atom stereocenters. The summed E-state index contributed by atoms with van der Waals surface area (Å²) in [5.74, 6) is -0.745. The van der Waals surface area contributed by atoms with Crippen molar-refractivity contribution < 1.29 is 23.2 Å². The summed E-state index contributed by atoms with van der Waals surface area (Å²) in [5, 5.41) is 8.82. The van der Waals surface area contributed by atoms with Crippen molar-refractivity contribution in [2.24, 2.45) is 0 Å². The number of hydrogen-bond donors (Lipinski definition) is 1. The minimum absolute atomic E-state index is 0.188. The first-order valence-electron chi connectivity index (χ1n) is 7.63. The van der Waals surface area contributed by atoms with E-state index in [0.29, 0.717) is 6.54 Å². The van der Waals surface area contributed by atoms with Gasteiger partial charge in [-0.25, -0.2) is 0 Å². The molecule has 126 valence electrons. The number of carboxylic acid groups (broad SMARTS) is 1. The number of carbonyl (C=O) groups is 1. The van der Waals surface area contributed by atoms with Crippen molar-refractivity contribution in [3.8, 4) is 0 Å². The van der Waals surface area contributed by atoms with Crippen LogP contribution in [0, 0.1) is 0 Å². The lowest BCUT2D eigenvalue weighted by Gasteiger charge is -2.26. The molecule has 0 aromatic rings. The van der Waals surface area contributed by atoms with Gasteiger partial charge in [0.1, 0.15) is 0 Å². The average Bonchev–Trinajstić information content (AvgIpc) is 2.49. The fourth-order valence-electron chi connectivity index (χ4n) is 2.25. The van der Waals surface area contributed by atoms with Crippen LogP contribution < -0.4 is 0 Å². The summed E-state index contributed by atoms with van der Waals surface area (Å²) in [6.07, 6.45) is 4.52. The van der Waals surface area contributed by atoms with E-state index in [4.69, 9.17) is 18.4 Å². The summed E-state index contributed by atoms with van der Waals surface area (Å²) >= 11 is 0. The van der Waals surface area contributed by atoms with Crippen LogP contribution in [0.15, 0.2) is 0 Å². The van der Waals surface area contributed by atoms with Crippen LogP contribution in [0.5, 0.6) is 0 Å². The van der Waals surface area contributed by atoms with Gasteiger partial charge in [0.05, 0.1) is 6.42 Å². The van der Waals surface area contributed by atoms with Gasteiger partial charge in [0.2, 0.25) is 0 Å². The number of rotatable bonds is 14. The van der Waals surface area contributed by atoms with Crippen LogP contribution in [-0.4, -0.2) is 65.7 Å². The van der Waals surface area contributed by atoms with Crippen molar-refractivity contribution in [3.63, 3.8) is 0 Å². The van der Waals surface area contributed by atoms with Gasteiger partial charge >= 0.3 is 14.8 Å². The Morgan fingerprint density at radius 1 is 1.00 bits per heavy atom. The van der Waals surface area contributed by atoms with Gasteiger partial charge in [0, 0.05) is 33.9 Å². The minimum atomic E-state index is -2.51. The molecule has 0 bridgehead atoms. The van der Waals surface area contributed by atoms with Gasteiger partial charge in [-0.1, -0.05) is 19.8 Å². The van der Waals surface area contributed by atoms with Crippen molar-refractivity contribution in [2.75, 3.05) is 41.0 Å². The highest BCUT2D eigenvalue weighted by Gasteiger charge is 2.36. The molecule has 0 heterocycles. The minimum Gasteiger partial charge on any atom is -0.481 e.